The van der Waals surface area contributed by atoms with Crippen LogP contribution in [0, 0.1) is 0 Å². The normalized spacial score (nSPS) is 6.83. The number of carbonyl (C=O) groups excluding carboxylic acids is 2. The van der Waals surface area contributed by atoms with Crippen molar-refractivity contribution < 1.29 is 9.59 Å². The van der Waals surface area contributed by atoms with Gasteiger partial charge in [0.2, 0.25) is 6.29 Å². The van der Waals surface area contributed by atoms with Crippen LogP contribution in [0.15, 0.2) is 0 Å². The Morgan fingerprint density at radius 1 is 1.83 bits per heavy atom. The second-order valence-corrected chi connectivity index (χ2v) is 0.732. The van der Waals surface area contributed by atoms with Gasteiger partial charge in [0, 0.05) is 7.05 Å². The van der Waals surface area contributed by atoms with Crippen molar-refractivity contribution in [3.63, 3.8) is 0 Å². The number of amides is 1. The van der Waals surface area contributed by atoms with Gasteiger partial charge in [-0.05, 0) is 0 Å². The van der Waals surface area contributed by atoms with E-state index >= 15 is 0 Å². The van der Waals surface area contributed by atoms with Crippen molar-refractivity contribution in [2.75, 3.05) is 7.05 Å². The van der Waals surface area contributed by atoms with E-state index < -0.39 is 5.91 Å². The van der Waals surface area contributed by atoms with Crippen LogP contribution in [-0.2, 0) is 9.59 Å². The van der Waals surface area contributed by atoms with Gasteiger partial charge in [0.15, 0.2) is 0 Å². The van der Waals surface area contributed by atoms with Crippen LogP contribution in [0.25, 0.3) is 0 Å². The highest BCUT2D eigenvalue weighted by molar-refractivity contribution is 6.23. The van der Waals surface area contributed by atoms with Crippen molar-refractivity contribution >= 4 is 12.2 Å². The maximum Gasteiger partial charge on any atom is 0.283 e. The fraction of sp³-hybridized carbons (Fsp3) is 0.333. The molecule has 0 aliphatic heterocycles. The number of hydrogen-bond donors (Lipinski definition) is 1. The monoisotopic (exact) mass is 87.0 g/mol. The van der Waals surface area contributed by atoms with Crippen molar-refractivity contribution in [2.45, 2.75) is 0 Å². The summed E-state index contributed by atoms with van der Waals surface area (Å²) >= 11 is 0. The van der Waals surface area contributed by atoms with E-state index in [1.54, 1.807) is 0 Å². The van der Waals surface area contributed by atoms with Gasteiger partial charge < -0.3 is 5.32 Å². The van der Waals surface area contributed by atoms with Gasteiger partial charge >= 0.3 is 0 Å². The summed E-state index contributed by atoms with van der Waals surface area (Å²) in [6.07, 6.45) is 0.222. The second kappa shape index (κ2) is 2.38. The predicted octanol–water partition coefficient (Wildman–Crippen LogP) is -1.07. The van der Waals surface area contributed by atoms with Crippen LogP contribution in [0.4, 0.5) is 0 Å². The Morgan fingerprint density at radius 3 is 2.33 bits per heavy atom. The maximum atomic E-state index is 9.70. The Morgan fingerprint density at radius 2 is 2.33 bits per heavy atom. The first-order valence-corrected chi connectivity index (χ1v) is 1.48. The van der Waals surface area contributed by atoms with Crippen LogP contribution >= 0.6 is 0 Å². The van der Waals surface area contributed by atoms with Gasteiger partial charge in [-0.2, -0.15) is 0 Å². The molecule has 0 bridgehead atoms. The number of likely N-dealkylation sites (N-methyl/N-ethyl adjacent to an activating group) is 1. The topological polar surface area (TPSA) is 46.2 Å². The van der Waals surface area contributed by atoms with Gasteiger partial charge in [-0.15, -0.1) is 0 Å². The molecule has 0 heterocycles. The number of nitrogens with one attached hydrogen (secondary N) is 1. The minimum absolute atomic E-state index is 0.222. The van der Waals surface area contributed by atoms with Gasteiger partial charge in [-0.1, -0.05) is 0 Å². The maximum absolute atomic E-state index is 9.70. The van der Waals surface area contributed by atoms with E-state index in [1.807, 2.05) is 0 Å². The fourth-order valence-electron chi connectivity index (χ4n) is 0.0589. The highest BCUT2D eigenvalue weighted by Crippen LogP contribution is 1.42. The molecule has 3 heteroatoms. The summed E-state index contributed by atoms with van der Waals surface area (Å²) in [6, 6.07) is 0. The van der Waals surface area contributed by atoms with E-state index in [9.17, 15) is 9.59 Å². The standard InChI is InChI=1S/C3H5NO2/c1-4-3(6)2-5/h2H,1H3,(H,4,6). The molecule has 3 nitrogen and oxygen atoms in total. The van der Waals surface area contributed by atoms with E-state index in [1.165, 1.54) is 7.05 Å². The lowest BCUT2D eigenvalue weighted by Crippen LogP contribution is -2.17. The number of carbonyl (C=O) groups is 2. The first-order valence-electron chi connectivity index (χ1n) is 1.48. The Balaban J connectivity index is 3.23. The molecule has 34 valence electrons. The zero-order valence-electron chi connectivity index (χ0n) is 3.39. The highest BCUT2D eigenvalue weighted by atomic mass is 16.2. The molecule has 0 aromatic rings. The average molecular weight is 87.1 g/mol. The lowest BCUT2D eigenvalue weighted by molar-refractivity contribution is -0.130. The van der Waals surface area contributed by atoms with Gasteiger partial charge in [0.25, 0.3) is 5.91 Å². The zero-order chi connectivity index (χ0) is 4.99. The molecule has 0 fully saturated rings. The SMILES string of the molecule is CNC(=O)C=O. The molecule has 0 rings (SSSR count). The molecular weight excluding hydrogens is 82.0 g/mol. The van der Waals surface area contributed by atoms with E-state index in [0.29, 0.717) is 0 Å². The zero-order valence-corrected chi connectivity index (χ0v) is 3.39. The van der Waals surface area contributed by atoms with E-state index in [4.69, 9.17) is 0 Å². The molecule has 1 N–H and O–H groups in total. The molecule has 0 aliphatic rings. The third-order valence-corrected chi connectivity index (χ3v) is 0.353. The molecule has 0 saturated carbocycles. The van der Waals surface area contributed by atoms with E-state index in [0.717, 1.165) is 0 Å². The Kier molecular flexibility index (Phi) is 2.04. The number of hydrogen-bond acceptors (Lipinski definition) is 2. The molecule has 0 saturated heterocycles. The minimum atomic E-state index is -0.588. The average Bonchev–Trinajstić information content (AvgIpc) is 1.65. The summed E-state index contributed by atoms with van der Waals surface area (Å²) in [6.45, 7) is 0. The van der Waals surface area contributed by atoms with Gasteiger partial charge in [-0.25, -0.2) is 0 Å². The minimum Gasteiger partial charge on any atom is -0.353 e. The summed E-state index contributed by atoms with van der Waals surface area (Å²) in [4.78, 5) is 19.0. The molecule has 0 spiro atoms. The molecule has 0 radical (unpaired) electrons. The lowest BCUT2D eigenvalue weighted by Gasteiger charge is -1.79. The third-order valence-electron chi connectivity index (χ3n) is 0.353. The van der Waals surface area contributed by atoms with Gasteiger partial charge in [0.05, 0.1) is 0 Å². The highest BCUT2D eigenvalue weighted by Gasteiger charge is 1.84. The van der Waals surface area contributed by atoms with E-state index in [-0.39, 0.29) is 6.29 Å². The van der Waals surface area contributed by atoms with Crippen molar-refractivity contribution in [1.82, 2.24) is 5.32 Å². The first kappa shape index (κ1) is 5.14. The molecular formula is C3H5NO2. The van der Waals surface area contributed by atoms with Crippen LogP contribution < -0.4 is 5.32 Å². The summed E-state index contributed by atoms with van der Waals surface area (Å²) < 4.78 is 0. The molecule has 6 heavy (non-hydrogen) atoms. The van der Waals surface area contributed by atoms with Gasteiger partial charge in [0.1, 0.15) is 0 Å². The fourth-order valence-corrected chi connectivity index (χ4v) is 0.0589. The molecule has 0 aliphatic carbocycles. The number of aldehydes is 1. The number of rotatable bonds is 1. The summed E-state index contributed by atoms with van der Waals surface area (Å²) in [5.74, 6) is -0.588. The van der Waals surface area contributed by atoms with Crippen molar-refractivity contribution in [1.29, 1.82) is 0 Å². The molecule has 0 aromatic carbocycles. The van der Waals surface area contributed by atoms with Gasteiger partial charge in [-0.3, -0.25) is 9.59 Å². The van der Waals surface area contributed by atoms with Crippen LogP contribution in [0.3, 0.4) is 0 Å². The van der Waals surface area contributed by atoms with Crippen molar-refractivity contribution in [3.05, 3.63) is 0 Å². The lowest BCUT2D eigenvalue weighted by atomic mass is 10.7. The van der Waals surface area contributed by atoms with Crippen LogP contribution in [0.1, 0.15) is 0 Å². The Labute approximate surface area is 35.3 Å². The second-order valence-electron chi connectivity index (χ2n) is 0.732. The van der Waals surface area contributed by atoms with Crippen molar-refractivity contribution in [2.24, 2.45) is 0 Å². The Bertz CT molecular complexity index is 69.2. The predicted molar refractivity (Wildman–Crippen MR) is 20.1 cm³/mol. The van der Waals surface area contributed by atoms with E-state index in [2.05, 4.69) is 5.32 Å². The summed E-state index contributed by atoms with van der Waals surface area (Å²) in [5.41, 5.74) is 0. The first-order chi connectivity index (χ1) is 2.81. The Hall–Kier alpha value is -0.860. The van der Waals surface area contributed by atoms with Crippen LogP contribution in [0.2, 0.25) is 0 Å². The van der Waals surface area contributed by atoms with Crippen molar-refractivity contribution in [3.8, 4) is 0 Å². The molecule has 0 unspecified atom stereocenters. The summed E-state index contributed by atoms with van der Waals surface area (Å²) in [5, 5.41) is 2.11. The molecule has 1 amide bonds. The van der Waals surface area contributed by atoms with Crippen LogP contribution in [0.5, 0.6) is 0 Å². The molecule has 0 atom stereocenters. The quantitative estimate of drug-likeness (QED) is 0.327. The summed E-state index contributed by atoms with van der Waals surface area (Å²) in [7, 11) is 1.40. The third kappa shape index (κ3) is 1.46. The van der Waals surface area contributed by atoms with Crippen LogP contribution in [-0.4, -0.2) is 19.2 Å². The molecule has 0 aromatic heterocycles. The smallest absolute Gasteiger partial charge is 0.283 e. The largest absolute Gasteiger partial charge is 0.353 e.